The highest BCUT2D eigenvalue weighted by atomic mass is 19.1. The molecule has 0 fully saturated rings. The first-order valence-electron chi connectivity index (χ1n) is 7.22. The Kier molecular flexibility index (Phi) is 4.41. The van der Waals surface area contributed by atoms with Crippen LogP contribution in [0.15, 0.2) is 42.5 Å². The Morgan fingerprint density at radius 2 is 2.09 bits per heavy atom. The monoisotopic (exact) mass is 319 g/mol. The summed E-state index contributed by atoms with van der Waals surface area (Å²) in [4.78, 5) is 12.0. The third-order valence-corrected chi connectivity index (χ3v) is 3.55. The lowest BCUT2D eigenvalue weighted by Crippen LogP contribution is -2.35. The van der Waals surface area contributed by atoms with Crippen molar-refractivity contribution in [1.29, 1.82) is 0 Å². The predicted molar refractivity (Wildman–Crippen MR) is 79.3 cm³/mol. The molecule has 3 rings (SSSR count). The van der Waals surface area contributed by atoms with E-state index in [4.69, 9.17) is 9.47 Å². The molecule has 0 saturated carbocycles. The zero-order valence-corrected chi connectivity index (χ0v) is 12.2. The van der Waals surface area contributed by atoms with Gasteiger partial charge in [-0.1, -0.05) is 18.2 Å². The molecule has 0 radical (unpaired) electrons. The fraction of sp³-hybridized carbons (Fsp3) is 0.235. The zero-order valence-electron chi connectivity index (χ0n) is 12.2. The molecule has 0 aromatic heterocycles. The SMILES string of the molecule is O=C(COc1ccc(F)cc1F)NC1CCOc2ccccc21. The maximum atomic E-state index is 13.4. The Bertz CT molecular complexity index is 721. The summed E-state index contributed by atoms with van der Waals surface area (Å²) in [6.45, 7) is 0.164. The van der Waals surface area contributed by atoms with E-state index in [9.17, 15) is 13.6 Å². The van der Waals surface area contributed by atoms with Crippen molar-refractivity contribution >= 4 is 5.91 Å². The minimum absolute atomic E-state index is 0.158. The number of fused-ring (bicyclic) bond motifs is 1. The zero-order chi connectivity index (χ0) is 16.2. The summed E-state index contributed by atoms with van der Waals surface area (Å²) in [7, 11) is 0. The van der Waals surface area contributed by atoms with Crippen molar-refractivity contribution in [3.8, 4) is 11.5 Å². The summed E-state index contributed by atoms with van der Waals surface area (Å²) in [6.07, 6.45) is 0.646. The van der Waals surface area contributed by atoms with E-state index in [2.05, 4.69) is 5.32 Å². The van der Waals surface area contributed by atoms with Crippen LogP contribution < -0.4 is 14.8 Å². The second-order valence-electron chi connectivity index (χ2n) is 5.16. The van der Waals surface area contributed by atoms with Gasteiger partial charge in [-0.05, 0) is 18.2 Å². The molecule has 1 aliphatic heterocycles. The van der Waals surface area contributed by atoms with Gasteiger partial charge in [0.25, 0.3) is 5.91 Å². The number of benzene rings is 2. The normalized spacial score (nSPS) is 16.2. The number of ether oxygens (including phenoxy) is 2. The second kappa shape index (κ2) is 6.64. The number of para-hydroxylation sites is 1. The van der Waals surface area contributed by atoms with Crippen LogP contribution in [0.1, 0.15) is 18.0 Å². The van der Waals surface area contributed by atoms with E-state index in [0.29, 0.717) is 19.1 Å². The van der Waals surface area contributed by atoms with E-state index in [1.165, 1.54) is 0 Å². The van der Waals surface area contributed by atoms with Crippen LogP contribution in [-0.2, 0) is 4.79 Å². The van der Waals surface area contributed by atoms with E-state index in [1.807, 2.05) is 24.3 Å². The van der Waals surface area contributed by atoms with Gasteiger partial charge in [-0.25, -0.2) is 8.78 Å². The van der Waals surface area contributed by atoms with E-state index in [1.54, 1.807) is 0 Å². The van der Waals surface area contributed by atoms with Gasteiger partial charge in [0.15, 0.2) is 18.2 Å². The lowest BCUT2D eigenvalue weighted by atomic mass is 10.0. The largest absolute Gasteiger partial charge is 0.493 e. The molecule has 1 unspecified atom stereocenters. The molecule has 1 atom stereocenters. The van der Waals surface area contributed by atoms with E-state index in [-0.39, 0.29) is 24.3 Å². The Hall–Kier alpha value is -2.63. The standard InChI is InChI=1S/C17H15F2NO3/c18-11-5-6-16(13(19)9-11)23-10-17(21)20-14-7-8-22-15-4-2-1-3-12(14)15/h1-6,9,14H,7-8,10H2,(H,20,21). The maximum absolute atomic E-state index is 13.4. The van der Waals surface area contributed by atoms with Gasteiger partial charge in [0.2, 0.25) is 0 Å². The van der Waals surface area contributed by atoms with Crippen molar-refractivity contribution in [3.63, 3.8) is 0 Å². The van der Waals surface area contributed by atoms with E-state index in [0.717, 1.165) is 23.4 Å². The van der Waals surface area contributed by atoms with Gasteiger partial charge in [-0.3, -0.25) is 4.79 Å². The highest BCUT2D eigenvalue weighted by Gasteiger charge is 2.22. The Morgan fingerprint density at radius 3 is 2.91 bits per heavy atom. The molecule has 2 aromatic carbocycles. The minimum Gasteiger partial charge on any atom is -0.493 e. The number of hydrogen-bond acceptors (Lipinski definition) is 3. The van der Waals surface area contributed by atoms with E-state index >= 15 is 0 Å². The number of carbonyl (C=O) groups is 1. The fourth-order valence-electron chi connectivity index (χ4n) is 2.46. The van der Waals surface area contributed by atoms with Gasteiger partial charge < -0.3 is 14.8 Å². The summed E-state index contributed by atoms with van der Waals surface area (Å²) in [5.41, 5.74) is 0.903. The molecule has 0 saturated heterocycles. The summed E-state index contributed by atoms with van der Waals surface area (Å²) in [5, 5.41) is 2.84. The number of amides is 1. The van der Waals surface area contributed by atoms with Crippen LogP contribution in [0.3, 0.4) is 0 Å². The number of carbonyl (C=O) groups excluding carboxylic acids is 1. The van der Waals surface area contributed by atoms with Gasteiger partial charge in [-0.15, -0.1) is 0 Å². The maximum Gasteiger partial charge on any atom is 0.258 e. The van der Waals surface area contributed by atoms with Crippen LogP contribution >= 0.6 is 0 Å². The molecule has 120 valence electrons. The lowest BCUT2D eigenvalue weighted by Gasteiger charge is -2.26. The summed E-state index contributed by atoms with van der Waals surface area (Å²) in [6, 6.07) is 10.2. The molecule has 6 heteroatoms. The van der Waals surface area contributed by atoms with Gasteiger partial charge >= 0.3 is 0 Å². The number of halogens is 2. The van der Waals surface area contributed by atoms with Crippen LogP contribution in [0.25, 0.3) is 0 Å². The molecular formula is C17H15F2NO3. The van der Waals surface area contributed by atoms with Crippen molar-refractivity contribution in [3.05, 3.63) is 59.7 Å². The van der Waals surface area contributed by atoms with Crippen LogP contribution in [-0.4, -0.2) is 19.1 Å². The van der Waals surface area contributed by atoms with Crippen molar-refractivity contribution in [2.45, 2.75) is 12.5 Å². The average Bonchev–Trinajstić information content (AvgIpc) is 2.54. The first-order valence-corrected chi connectivity index (χ1v) is 7.22. The Balaban J connectivity index is 1.60. The van der Waals surface area contributed by atoms with Gasteiger partial charge in [0, 0.05) is 18.1 Å². The van der Waals surface area contributed by atoms with Crippen LogP contribution in [0.4, 0.5) is 8.78 Å². The summed E-state index contributed by atoms with van der Waals surface area (Å²) in [5.74, 6) is -1.33. The first kappa shape index (κ1) is 15.3. The number of rotatable bonds is 4. The van der Waals surface area contributed by atoms with Crippen LogP contribution in [0, 0.1) is 11.6 Å². The topological polar surface area (TPSA) is 47.6 Å². The fourth-order valence-corrected chi connectivity index (χ4v) is 2.46. The molecular weight excluding hydrogens is 304 g/mol. The molecule has 2 aromatic rings. The van der Waals surface area contributed by atoms with Gasteiger partial charge in [-0.2, -0.15) is 0 Å². The average molecular weight is 319 g/mol. The van der Waals surface area contributed by atoms with Gasteiger partial charge in [0.05, 0.1) is 12.6 Å². The Morgan fingerprint density at radius 1 is 1.26 bits per heavy atom. The van der Waals surface area contributed by atoms with Crippen molar-refractivity contribution in [2.24, 2.45) is 0 Å². The van der Waals surface area contributed by atoms with Crippen molar-refractivity contribution in [2.75, 3.05) is 13.2 Å². The van der Waals surface area contributed by atoms with Gasteiger partial charge in [0.1, 0.15) is 11.6 Å². The molecule has 0 bridgehead atoms. The van der Waals surface area contributed by atoms with Crippen molar-refractivity contribution in [1.82, 2.24) is 5.32 Å². The molecule has 1 amide bonds. The summed E-state index contributed by atoms with van der Waals surface area (Å²) >= 11 is 0. The first-order chi connectivity index (χ1) is 11.1. The molecule has 4 nitrogen and oxygen atoms in total. The van der Waals surface area contributed by atoms with E-state index < -0.39 is 11.6 Å². The minimum atomic E-state index is -0.839. The smallest absolute Gasteiger partial charge is 0.258 e. The lowest BCUT2D eigenvalue weighted by molar-refractivity contribution is -0.124. The number of nitrogens with one attached hydrogen (secondary N) is 1. The molecule has 23 heavy (non-hydrogen) atoms. The molecule has 0 spiro atoms. The Labute approximate surface area is 132 Å². The van der Waals surface area contributed by atoms with Crippen molar-refractivity contribution < 1.29 is 23.0 Å². The van der Waals surface area contributed by atoms with Crippen LogP contribution in [0.5, 0.6) is 11.5 Å². The second-order valence-corrected chi connectivity index (χ2v) is 5.16. The third-order valence-electron chi connectivity index (χ3n) is 3.55. The molecule has 1 heterocycles. The molecule has 1 N–H and O–H groups in total. The molecule has 1 aliphatic rings. The predicted octanol–water partition coefficient (Wildman–Crippen LogP) is 2.98. The quantitative estimate of drug-likeness (QED) is 0.942. The third kappa shape index (κ3) is 3.59. The summed E-state index contributed by atoms with van der Waals surface area (Å²) < 4.78 is 36.9. The highest BCUT2D eigenvalue weighted by molar-refractivity contribution is 5.78. The molecule has 0 aliphatic carbocycles. The number of hydrogen-bond donors (Lipinski definition) is 1. The van der Waals surface area contributed by atoms with Crippen LogP contribution in [0.2, 0.25) is 0 Å². The highest BCUT2D eigenvalue weighted by Crippen LogP contribution is 2.31.